The van der Waals surface area contributed by atoms with E-state index < -0.39 is 23.7 Å². The van der Waals surface area contributed by atoms with Gasteiger partial charge in [0.1, 0.15) is 0 Å². The predicted molar refractivity (Wildman–Crippen MR) is 104 cm³/mol. The van der Waals surface area contributed by atoms with Gasteiger partial charge in [0.25, 0.3) is 0 Å². The Hall–Kier alpha value is -2.31. The van der Waals surface area contributed by atoms with Crippen molar-refractivity contribution >= 4 is 5.97 Å². The van der Waals surface area contributed by atoms with Crippen LogP contribution in [0.25, 0.3) is 0 Å². The zero-order valence-corrected chi connectivity index (χ0v) is 16.2. The molecule has 0 aliphatic carbocycles. The number of carboxylic acid groups (broad SMARTS) is 1. The molecule has 0 aromatic heterocycles. The van der Waals surface area contributed by atoms with Gasteiger partial charge >= 0.3 is 5.97 Å². The van der Waals surface area contributed by atoms with Crippen LogP contribution in [0.1, 0.15) is 49.5 Å². The third-order valence-corrected chi connectivity index (χ3v) is 4.76. The van der Waals surface area contributed by atoms with Gasteiger partial charge in [0.2, 0.25) is 0 Å². The summed E-state index contributed by atoms with van der Waals surface area (Å²) >= 11 is 0. The lowest BCUT2D eigenvalue weighted by Crippen LogP contribution is -2.42. The van der Waals surface area contributed by atoms with E-state index in [9.17, 15) is 18.7 Å². The molecule has 0 saturated heterocycles. The molecule has 0 aliphatic heterocycles. The summed E-state index contributed by atoms with van der Waals surface area (Å²) in [6.07, 6.45) is 0.299. The fourth-order valence-electron chi connectivity index (χ4n) is 2.98. The van der Waals surface area contributed by atoms with Gasteiger partial charge in [0.05, 0.1) is 6.10 Å². The summed E-state index contributed by atoms with van der Waals surface area (Å²) in [5, 5.41) is 22.4. The summed E-state index contributed by atoms with van der Waals surface area (Å²) in [6, 6.07) is 12.3. The molecule has 2 aromatic rings. The Kier molecular flexibility index (Phi) is 7.66. The zero-order valence-electron chi connectivity index (χ0n) is 16.2. The van der Waals surface area contributed by atoms with Gasteiger partial charge in [-0.1, -0.05) is 30.3 Å². The molecule has 0 fully saturated rings. The minimum Gasteiger partial charge on any atom is -0.481 e. The van der Waals surface area contributed by atoms with Gasteiger partial charge in [-0.05, 0) is 56.4 Å². The Balaban J connectivity index is 1.99. The van der Waals surface area contributed by atoms with Crippen molar-refractivity contribution < 1.29 is 23.8 Å². The maximum atomic E-state index is 14.1. The number of aliphatic carboxylic acids is 1. The van der Waals surface area contributed by atoms with Crippen LogP contribution in [0, 0.1) is 11.6 Å². The first-order valence-corrected chi connectivity index (χ1v) is 9.34. The number of hydrogen-bond donors (Lipinski definition) is 3. The van der Waals surface area contributed by atoms with Crippen LogP contribution < -0.4 is 5.32 Å². The normalized spacial score (nSPS) is 12.8. The van der Waals surface area contributed by atoms with Crippen molar-refractivity contribution in [2.45, 2.75) is 51.2 Å². The number of halogens is 2. The maximum Gasteiger partial charge on any atom is 0.303 e. The van der Waals surface area contributed by atoms with Gasteiger partial charge in [0, 0.05) is 24.1 Å². The van der Waals surface area contributed by atoms with E-state index in [-0.39, 0.29) is 30.5 Å². The van der Waals surface area contributed by atoms with Gasteiger partial charge in [0.15, 0.2) is 11.6 Å². The number of carbonyl (C=O) groups is 1. The molecule has 1 atom stereocenters. The molecule has 0 unspecified atom stereocenters. The lowest BCUT2D eigenvalue weighted by atomic mass is 9.94. The van der Waals surface area contributed by atoms with Gasteiger partial charge in [-0.25, -0.2) is 8.78 Å². The number of aliphatic hydroxyl groups is 1. The van der Waals surface area contributed by atoms with Crippen LogP contribution >= 0.6 is 0 Å². The number of carboxylic acids is 1. The molecular formula is C22H27F2NO3. The Morgan fingerprint density at radius 3 is 2.43 bits per heavy atom. The fourth-order valence-corrected chi connectivity index (χ4v) is 2.98. The van der Waals surface area contributed by atoms with E-state index >= 15 is 0 Å². The largest absolute Gasteiger partial charge is 0.481 e. The predicted octanol–water partition coefficient (Wildman–Crippen LogP) is 4.02. The van der Waals surface area contributed by atoms with Crippen LogP contribution in [-0.2, 0) is 17.6 Å². The number of aryl methyl sites for hydroxylation is 2. The van der Waals surface area contributed by atoms with E-state index in [0.29, 0.717) is 5.56 Å². The minimum absolute atomic E-state index is 0.0561. The first-order valence-electron chi connectivity index (χ1n) is 9.34. The number of rotatable bonds is 10. The highest BCUT2D eigenvalue weighted by atomic mass is 19.2. The van der Waals surface area contributed by atoms with Crippen LogP contribution in [0.15, 0.2) is 42.5 Å². The molecule has 0 spiro atoms. The monoisotopic (exact) mass is 391 g/mol. The van der Waals surface area contributed by atoms with Crippen molar-refractivity contribution in [1.82, 2.24) is 5.32 Å². The molecule has 6 heteroatoms. The number of hydrogen-bond acceptors (Lipinski definition) is 3. The SMILES string of the molecule is CC(C)(CCc1ccccc1)NC[C@@H](O)c1cc(CCC(=O)O)cc(F)c1F. The van der Waals surface area contributed by atoms with E-state index in [0.717, 1.165) is 18.9 Å². The van der Waals surface area contributed by atoms with Crippen LogP contribution in [0.5, 0.6) is 0 Å². The highest BCUT2D eigenvalue weighted by Crippen LogP contribution is 2.23. The molecule has 3 N–H and O–H groups in total. The fraction of sp³-hybridized carbons (Fsp3) is 0.409. The first kappa shape index (κ1) is 22.0. The lowest BCUT2D eigenvalue weighted by Gasteiger charge is -2.28. The Bertz CT molecular complexity index is 794. The molecule has 0 heterocycles. The topological polar surface area (TPSA) is 69.6 Å². The molecule has 0 bridgehead atoms. The molecule has 4 nitrogen and oxygen atoms in total. The van der Waals surface area contributed by atoms with Crippen LogP contribution in [0.2, 0.25) is 0 Å². The molecule has 152 valence electrons. The molecule has 28 heavy (non-hydrogen) atoms. The average Bonchev–Trinajstić information content (AvgIpc) is 2.66. The van der Waals surface area contributed by atoms with Gasteiger partial charge in [-0.15, -0.1) is 0 Å². The summed E-state index contributed by atoms with van der Waals surface area (Å²) in [6.45, 7) is 4.03. The number of aliphatic hydroxyl groups excluding tert-OH is 1. The van der Waals surface area contributed by atoms with Crippen molar-refractivity contribution in [3.63, 3.8) is 0 Å². The second-order valence-corrected chi connectivity index (χ2v) is 7.64. The Morgan fingerprint density at radius 1 is 1.11 bits per heavy atom. The van der Waals surface area contributed by atoms with E-state index in [1.165, 1.54) is 11.6 Å². The van der Waals surface area contributed by atoms with Crippen LogP contribution in [0.3, 0.4) is 0 Å². The van der Waals surface area contributed by atoms with Crippen molar-refractivity contribution in [2.75, 3.05) is 6.54 Å². The lowest BCUT2D eigenvalue weighted by molar-refractivity contribution is -0.136. The van der Waals surface area contributed by atoms with Gasteiger partial charge in [-0.3, -0.25) is 4.79 Å². The highest BCUT2D eigenvalue weighted by molar-refractivity contribution is 5.67. The quantitative estimate of drug-likeness (QED) is 0.572. The molecule has 2 rings (SSSR count). The van der Waals surface area contributed by atoms with Gasteiger partial charge < -0.3 is 15.5 Å². The van der Waals surface area contributed by atoms with Crippen molar-refractivity contribution in [3.05, 3.63) is 70.8 Å². The molecule has 0 radical (unpaired) electrons. The van der Waals surface area contributed by atoms with Crippen LogP contribution in [-0.4, -0.2) is 28.3 Å². The molecule has 0 aliphatic rings. The van der Waals surface area contributed by atoms with E-state index in [4.69, 9.17) is 5.11 Å². The van der Waals surface area contributed by atoms with E-state index in [1.54, 1.807) is 0 Å². The Morgan fingerprint density at radius 2 is 1.79 bits per heavy atom. The number of β-amino-alcohol motifs (C(OH)–C–C–N with tert-alkyl or cyclic N) is 1. The number of nitrogens with one attached hydrogen (secondary N) is 1. The minimum atomic E-state index is -1.24. The standard InChI is InChI=1S/C22H27F2NO3/c1-22(2,11-10-15-6-4-3-5-7-15)25-14-19(26)17-12-16(8-9-20(27)28)13-18(23)21(17)24/h3-7,12-13,19,25-26H,8-11,14H2,1-2H3,(H,27,28)/t19-/m1/s1. The van der Waals surface area contributed by atoms with Crippen molar-refractivity contribution in [1.29, 1.82) is 0 Å². The van der Waals surface area contributed by atoms with Gasteiger partial charge in [-0.2, -0.15) is 0 Å². The summed E-state index contributed by atoms with van der Waals surface area (Å²) < 4.78 is 28.0. The Labute approximate surface area is 164 Å². The second-order valence-electron chi connectivity index (χ2n) is 7.64. The molecule has 0 saturated carbocycles. The smallest absolute Gasteiger partial charge is 0.303 e. The second kappa shape index (κ2) is 9.75. The highest BCUT2D eigenvalue weighted by Gasteiger charge is 2.22. The third kappa shape index (κ3) is 6.69. The third-order valence-electron chi connectivity index (χ3n) is 4.76. The molecular weight excluding hydrogens is 364 g/mol. The van der Waals surface area contributed by atoms with Crippen molar-refractivity contribution in [3.8, 4) is 0 Å². The summed E-state index contributed by atoms with van der Waals surface area (Å²) in [4.78, 5) is 10.7. The van der Waals surface area contributed by atoms with Crippen molar-refractivity contribution in [2.24, 2.45) is 0 Å². The molecule has 2 aromatic carbocycles. The maximum absolute atomic E-state index is 14.1. The van der Waals surface area contributed by atoms with E-state index in [1.807, 2.05) is 44.2 Å². The summed E-state index contributed by atoms with van der Waals surface area (Å²) in [5.41, 5.74) is 1.08. The molecule has 0 amide bonds. The van der Waals surface area contributed by atoms with E-state index in [2.05, 4.69) is 5.32 Å². The zero-order chi connectivity index (χ0) is 20.7. The average molecular weight is 391 g/mol. The summed E-state index contributed by atoms with van der Waals surface area (Å²) in [5.74, 6) is -3.20. The first-order chi connectivity index (χ1) is 13.2. The number of benzene rings is 2. The van der Waals surface area contributed by atoms with Crippen LogP contribution in [0.4, 0.5) is 8.78 Å². The summed E-state index contributed by atoms with van der Waals surface area (Å²) in [7, 11) is 0.